The van der Waals surface area contributed by atoms with Crippen LogP contribution >= 0.6 is 23.2 Å². The fourth-order valence-electron chi connectivity index (χ4n) is 3.41. The molecule has 1 aliphatic rings. The number of piperidine rings is 1. The molecule has 0 saturated carbocycles. The molecule has 0 radical (unpaired) electrons. The van der Waals surface area contributed by atoms with Crippen molar-refractivity contribution in [3.8, 4) is 5.75 Å². The number of halogens is 2. The van der Waals surface area contributed by atoms with E-state index in [1.165, 1.54) is 4.31 Å². The zero-order chi connectivity index (χ0) is 21.7. The molecule has 9 heteroatoms. The highest BCUT2D eigenvalue weighted by Gasteiger charge is 2.32. The SMILES string of the molecule is CCOc1cccc(NC(=O)C2CCN(S(=O)(=O)Cc3c(Cl)cccc3Cl)CC2)c1. The minimum atomic E-state index is -3.59. The van der Waals surface area contributed by atoms with Crippen LogP contribution in [-0.4, -0.2) is 38.3 Å². The van der Waals surface area contributed by atoms with Gasteiger partial charge in [-0.25, -0.2) is 12.7 Å². The summed E-state index contributed by atoms with van der Waals surface area (Å²) < 4.78 is 32.5. The normalized spacial score (nSPS) is 15.7. The smallest absolute Gasteiger partial charge is 0.227 e. The third-order valence-corrected chi connectivity index (χ3v) is 7.53. The Hall–Kier alpha value is -1.80. The topological polar surface area (TPSA) is 75.7 Å². The van der Waals surface area contributed by atoms with Crippen molar-refractivity contribution in [1.29, 1.82) is 0 Å². The van der Waals surface area contributed by atoms with Gasteiger partial charge in [-0.2, -0.15) is 0 Å². The van der Waals surface area contributed by atoms with Crippen molar-refractivity contribution >= 4 is 44.8 Å². The van der Waals surface area contributed by atoms with Gasteiger partial charge in [-0.3, -0.25) is 4.79 Å². The van der Waals surface area contributed by atoms with E-state index in [2.05, 4.69) is 5.32 Å². The molecule has 1 heterocycles. The number of rotatable bonds is 7. The quantitative estimate of drug-likeness (QED) is 0.642. The predicted molar refractivity (Wildman–Crippen MR) is 120 cm³/mol. The maximum Gasteiger partial charge on any atom is 0.227 e. The summed E-state index contributed by atoms with van der Waals surface area (Å²) in [5, 5.41) is 3.55. The first kappa shape index (κ1) is 22.9. The van der Waals surface area contributed by atoms with Crippen molar-refractivity contribution in [1.82, 2.24) is 4.31 Å². The van der Waals surface area contributed by atoms with Crippen LogP contribution in [0.4, 0.5) is 5.69 Å². The number of nitrogens with zero attached hydrogens (tertiary/aromatic N) is 1. The molecular weight excluding hydrogens is 447 g/mol. The number of anilines is 1. The van der Waals surface area contributed by atoms with E-state index in [1.807, 2.05) is 19.1 Å². The Morgan fingerprint density at radius 2 is 1.77 bits per heavy atom. The number of sulfonamides is 1. The summed E-state index contributed by atoms with van der Waals surface area (Å²) in [6.45, 7) is 3.00. The van der Waals surface area contributed by atoms with E-state index in [0.717, 1.165) is 0 Å². The summed E-state index contributed by atoms with van der Waals surface area (Å²) in [6.07, 6.45) is 0.902. The van der Waals surface area contributed by atoms with Gasteiger partial charge in [0.2, 0.25) is 15.9 Å². The first-order chi connectivity index (χ1) is 14.3. The van der Waals surface area contributed by atoms with E-state index in [9.17, 15) is 13.2 Å². The van der Waals surface area contributed by atoms with Gasteiger partial charge < -0.3 is 10.1 Å². The lowest BCUT2D eigenvalue weighted by Crippen LogP contribution is -2.41. The molecule has 0 bridgehead atoms. The van der Waals surface area contributed by atoms with Gasteiger partial charge in [0, 0.05) is 46.4 Å². The Morgan fingerprint density at radius 1 is 1.13 bits per heavy atom. The zero-order valence-corrected chi connectivity index (χ0v) is 18.9. The van der Waals surface area contributed by atoms with Crippen LogP contribution in [0.2, 0.25) is 10.0 Å². The number of carbonyl (C=O) groups excluding carboxylic acids is 1. The molecule has 1 aliphatic heterocycles. The van der Waals surface area contributed by atoms with E-state index in [0.29, 0.717) is 46.5 Å². The summed E-state index contributed by atoms with van der Waals surface area (Å²) in [7, 11) is -3.59. The highest BCUT2D eigenvalue weighted by Crippen LogP contribution is 2.29. The van der Waals surface area contributed by atoms with Crippen LogP contribution in [0, 0.1) is 5.92 Å². The van der Waals surface area contributed by atoms with Crippen LogP contribution in [0.25, 0.3) is 0 Å². The number of hydrogen-bond acceptors (Lipinski definition) is 4. The van der Waals surface area contributed by atoms with Gasteiger partial charge in [-0.1, -0.05) is 35.3 Å². The van der Waals surface area contributed by atoms with Crippen molar-refractivity contribution in [3.05, 3.63) is 58.1 Å². The van der Waals surface area contributed by atoms with Crippen LogP contribution in [0.3, 0.4) is 0 Å². The zero-order valence-electron chi connectivity index (χ0n) is 16.6. The van der Waals surface area contributed by atoms with Crippen molar-refractivity contribution in [2.24, 2.45) is 5.92 Å². The van der Waals surface area contributed by atoms with Gasteiger partial charge in [-0.05, 0) is 44.0 Å². The molecule has 1 fully saturated rings. The third kappa shape index (κ3) is 5.66. The Morgan fingerprint density at radius 3 is 2.40 bits per heavy atom. The minimum absolute atomic E-state index is 0.116. The first-order valence-corrected chi connectivity index (χ1v) is 12.1. The maximum atomic E-state index is 12.8. The van der Waals surface area contributed by atoms with Crippen LogP contribution in [0.1, 0.15) is 25.3 Å². The van der Waals surface area contributed by atoms with Gasteiger partial charge in [0.05, 0.1) is 12.4 Å². The Kier molecular flexibility index (Phi) is 7.63. The summed E-state index contributed by atoms with van der Waals surface area (Å²) in [5.41, 5.74) is 1.06. The molecule has 1 saturated heterocycles. The summed E-state index contributed by atoms with van der Waals surface area (Å²) >= 11 is 12.2. The largest absolute Gasteiger partial charge is 0.494 e. The lowest BCUT2D eigenvalue weighted by Gasteiger charge is -2.30. The van der Waals surface area contributed by atoms with Crippen LogP contribution in [0.5, 0.6) is 5.75 Å². The highest BCUT2D eigenvalue weighted by atomic mass is 35.5. The molecule has 0 spiro atoms. The average molecular weight is 471 g/mol. The number of nitrogens with one attached hydrogen (secondary N) is 1. The summed E-state index contributed by atoms with van der Waals surface area (Å²) in [4.78, 5) is 12.6. The lowest BCUT2D eigenvalue weighted by atomic mass is 9.97. The second-order valence-electron chi connectivity index (χ2n) is 7.08. The van der Waals surface area contributed by atoms with E-state index < -0.39 is 10.0 Å². The number of ether oxygens (including phenoxy) is 1. The molecule has 1 N–H and O–H groups in total. The van der Waals surface area contributed by atoms with Crippen molar-refractivity contribution in [2.45, 2.75) is 25.5 Å². The number of benzene rings is 2. The molecule has 30 heavy (non-hydrogen) atoms. The van der Waals surface area contributed by atoms with Crippen LogP contribution < -0.4 is 10.1 Å². The monoisotopic (exact) mass is 470 g/mol. The summed E-state index contributed by atoms with van der Waals surface area (Å²) in [6, 6.07) is 12.1. The molecule has 162 valence electrons. The maximum absolute atomic E-state index is 12.8. The average Bonchev–Trinajstić information content (AvgIpc) is 2.71. The minimum Gasteiger partial charge on any atom is -0.494 e. The molecule has 0 atom stereocenters. The molecule has 6 nitrogen and oxygen atoms in total. The second-order valence-corrected chi connectivity index (χ2v) is 9.86. The van der Waals surface area contributed by atoms with Crippen LogP contribution in [-0.2, 0) is 20.6 Å². The molecule has 2 aromatic rings. The third-order valence-electron chi connectivity index (χ3n) is 5.02. The van der Waals surface area contributed by atoms with E-state index in [1.54, 1.807) is 30.3 Å². The van der Waals surface area contributed by atoms with Gasteiger partial charge in [0.15, 0.2) is 0 Å². The number of carbonyl (C=O) groups is 1. The highest BCUT2D eigenvalue weighted by molar-refractivity contribution is 7.88. The second kappa shape index (κ2) is 10.0. The standard InChI is InChI=1S/C21H24Cl2N2O4S/c1-2-29-17-6-3-5-16(13-17)24-21(26)15-9-11-25(12-10-15)30(27,28)14-18-19(22)7-4-8-20(18)23/h3-8,13,15H,2,9-12,14H2,1H3,(H,24,26). The molecule has 2 aromatic carbocycles. The molecule has 0 unspecified atom stereocenters. The molecule has 3 rings (SSSR count). The lowest BCUT2D eigenvalue weighted by molar-refractivity contribution is -0.120. The fraction of sp³-hybridized carbons (Fsp3) is 0.381. The van der Waals surface area contributed by atoms with Gasteiger partial charge >= 0.3 is 0 Å². The van der Waals surface area contributed by atoms with Crippen molar-refractivity contribution in [2.75, 3.05) is 25.0 Å². The fourth-order valence-corrected chi connectivity index (χ4v) is 5.73. The first-order valence-electron chi connectivity index (χ1n) is 9.74. The van der Waals surface area contributed by atoms with E-state index in [4.69, 9.17) is 27.9 Å². The van der Waals surface area contributed by atoms with Crippen molar-refractivity contribution < 1.29 is 17.9 Å². The molecule has 0 aromatic heterocycles. The Labute approximate surface area is 187 Å². The molecular formula is C21H24Cl2N2O4S. The predicted octanol–water partition coefficient (Wildman–Crippen LogP) is 4.57. The number of hydrogen-bond donors (Lipinski definition) is 1. The van der Waals surface area contributed by atoms with E-state index >= 15 is 0 Å². The van der Waals surface area contributed by atoms with Crippen molar-refractivity contribution in [3.63, 3.8) is 0 Å². The van der Waals surface area contributed by atoms with E-state index in [-0.39, 0.29) is 30.7 Å². The Balaban J connectivity index is 1.58. The van der Waals surface area contributed by atoms with Gasteiger partial charge in [0.25, 0.3) is 0 Å². The summed E-state index contributed by atoms with van der Waals surface area (Å²) in [5.74, 6) is 0.0625. The van der Waals surface area contributed by atoms with Gasteiger partial charge in [-0.15, -0.1) is 0 Å². The molecule has 0 aliphatic carbocycles. The molecule has 1 amide bonds. The van der Waals surface area contributed by atoms with Crippen LogP contribution in [0.15, 0.2) is 42.5 Å². The Bertz CT molecular complexity index is 986. The number of amides is 1. The van der Waals surface area contributed by atoms with Gasteiger partial charge in [0.1, 0.15) is 5.75 Å².